The van der Waals surface area contributed by atoms with Crippen LogP contribution in [-0.2, 0) is 11.2 Å². The van der Waals surface area contributed by atoms with Crippen LogP contribution in [0.4, 0.5) is 0 Å². The zero-order chi connectivity index (χ0) is 29.2. The fraction of sp³-hybridized carbons (Fsp3) is 0.800. The van der Waals surface area contributed by atoms with Crippen molar-refractivity contribution in [3.8, 4) is 11.5 Å². The van der Waals surface area contributed by atoms with Crippen LogP contribution in [-0.4, -0.2) is 37.1 Å². The lowest BCUT2D eigenvalue weighted by molar-refractivity contribution is -0.134. The van der Waals surface area contributed by atoms with Gasteiger partial charge >= 0.3 is 5.97 Å². The molecule has 2 rings (SSSR count). The summed E-state index contributed by atoms with van der Waals surface area (Å²) in [6.07, 6.45) is 15.1. The Morgan fingerprint density at radius 1 is 0.872 bits per heavy atom. The molecule has 0 saturated carbocycles. The lowest BCUT2D eigenvalue weighted by Crippen LogP contribution is -2.37. The summed E-state index contributed by atoms with van der Waals surface area (Å²) in [6, 6.07) is 0. The Morgan fingerprint density at radius 3 is 2.05 bits per heavy atom. The van der Waals surface area contributed by atoms with E-state index in [4.69, 9.17) is 9.47 Å². The maximum atomic E-state index is 12.5. The van der Waals surface area contributed by atoms with E-state index in [2.05, 4.69) is 60.3 Å². The van der Waals surface area contributed by atoms with Crippen molar-refractivity contribution in [2.24, 2.45) is 17.8 Å². The summed E-state index contributed by atoms with van der Waals surface area (Å²) in [5, 5.41) is 0. The number of esters is 1. The van der Waals surface area contributed by atoms with Crippen LogP contribution in [0.1, 0.15) is 134 Å². The van der Waals surface area contributed by atoms with Crippen molar-refractivity contribution in [3.05, 3.63) is 22.3 Å². The number of ether oxygens (including phenoxy) is 2. The summed E-state index contributed by atoms with van der Waals surface area (Å²) in [4.78, 5) is 14.6. The van der Waals surface area contributed by atoms with Crippen molar-refractivity contribution in [2.45, 2.75) is 144 Å². The monoisotopic (exact) mass is 543 g/mol. The first kappa shape index (κ1) is 33.7. The second-order valence-corrected chi connectivity index (χ2v) is 13.8. The molecule has 1 aromatic rings. The molecule has 0 fully saturated rings. The van der Waals surface area contributed by atoms with E-state index in [1.165, 1.54) is 56.9 Å². The van der Waals surface area contributed by atoms with Gasteiger partial charge in [-0.2, -0.15) is 0 Å². The molecule has 0 aliphatic carbocycles. The fourth-order valence-corrected chi connectivity index (χ4v) is 6.12. The average Bonchev–Trinajstić information content (AvgIpc) is 2.84. The Hall–Kier alpha value is -1.55. The van der Waals surface area contributed by atoms with Gasteiger partial charge in [-0.1, -0.05) is 72.6 Å². The van der Waals surface area contributed by atoms with Gasteiger partial charge in [0.2, 0.25) is 0 Å². The van der Waals surface area contributed by atoms with Crippen LogP contribution in [0.15, 0.2) is 0 Å². The van der Waals surface area contributed by atoms with Crippen LogP contribution in [0, 0.1) is 38.5 Å². The van der Waals surface area contributed by atoms with Crippen LogP contribution in [0.2, 0.25) is 0 Å². The minimum absolute atomic E-state index is 0.119. The van der Waals surface area contributed by atoms with Gasteiger partial charge in [0.15, 0.2) is 0 Å². The van der Waals surface area contributed by atoms with Crippen molar-refractivity contribution in [1.29, 1.82) is 0 Å². The van der Waals surface area contributed by atoms with Crippen LogP contribution in [0.3, 0.4) is 0 Å². The molecule has 1 heterocycles. The molecule has 3 unspecified atom stereocenters. The quantitative estimate of drug-likeness (QED) is 0.145. The van der Waals surface area contributed by atoms with Crippen molar-refractivity contribution < 1.29 is 14.3 Å². The number of carbonyl (C=O) groups excluding carboxylic acids is 1. The van der Waals surface area contributed by atoms with Gasteiger partial charge in [-0.25, -0.2) is 0 Å². The molecule has 0 saturated heterocycles. The van der Waals surface area contributed by atoms with E-state index in [1.807, 2.05) is 14.1 Å². The smallest absolute Gasteiger partial charge is 0.311 e. The van der Waals surface area contributed by atoms with E-state index in [1.54, 1.807) is 0 Å². The van der Waals surface area contributed by atoms with Gasteiger partial charge in [0.05, 0.1) is 0 Å². The fourth-order valence-electron chi connectivity index (χ4n) is 6.12. The molecule has 0 amide bonds. The molecule has 4 heteroatoms. The van der Waals surface area contributed by atoms with Crippen LogP contribution >= 0.6 is 0 Å². The predicted octanol–water partition coefficient (Wildman–Crippen LogP) is 9.38. The average molecular weight is 544 g/mol. The van der Waals surface area contributed by atoms with Gasteiger partial charge in [0, 0.05) is 12.0 Å². The number of benzene rings is 1. The topological polar surface area (TPSA) is 38.8 Å². The van der Waals surface area contributed by atoms with Crippen molar-refractivity contribution >= 4 is 5.97 Å². The van der Waals surface area contributed by atoms with Gasteiger partial charge in [-0.05, 0) is 115 Å². The Kier molecular flexibility index (Phi) is 13.8. The molecule has 3 atom stereocenters. The van der Waals surface area contributed by atoms with E-state index >= 15 is 0 Å². The van der Waals surface area contributed by atoms with Gasteiger partial charge in [-0.3, -0.25) is 4.79 Å². The molecule has 0 aromatic heterocycles. The lowest BCUT2D eigenvalue weighted by Gasteiger charge is -2.38. The highest BCUT2D eigenvalue weighted by molar-refractivity contribution is 5.74. The summed E-state index contributed by atoms with van der Waals surface area (Å²) in [7, 11) is 4.05. The number of hydrogen-bond donors (Lipinski definition) is 0. The molecule has 0 radical (unpaired) electrons. The molecular formula is C35H61NO3. The van der Waals surface area contributed by atoms with E-state index in [0.29, 0.717) is 6.42 Å². The largest absolute Gasteiger partial charge is 0.487 e. The first-order valence-electron chi connectivity index (χ1n) is 16.0. The Balaban J connectivity index is 1.86. The highest BCUT2D eigenvalue weighted by Gasteiger charge is 2.34. The summed E-state index contributed by atoms with van der Waals surface area (Å²) in [5.41, 5.74) is 4.33. The van der Waals surface area contributed by atoms with E-state index in [-0.39, 0.29) is 11.6 Å². The maximum absolute atomic E-state index is 12.5. The minimum Gasteiger partial charge on any atom is -0.487 e. The second-order valence-electron chi connectivity index (χ2n) is 13.8. The number of carbonyl (C=O) groups is 1. The Bertz CT molecular complexity index is 906. The molecule has 224 valence electrons. The molecule has 0 spiro atoms. The third-order valence-corrected chi connectivity index (χ3v) is 9.04. The highest BCUT2D eigenvalue weighted by Crippen LogP contribution is 2.45. The van der Waals surface area contributed by atoms with E-state index < -0.39 is 0 Å². The SMILES string of the molecule is Cc1c(C)c2c(c(C)c1OC(=O)CCCN(C)C)CCC(C)(CCCC(C)CCCC(C)CCCC(C)C)O2. The van der Waals surface area contributed by atoms with Crippen LogP contribution in [0.5, 0.6) is 11.5 Å². The lowest BCUT2D eigenvalue weighted by atomic mass is 9.83. The summed E-state index contributed by atoms with van der Waals surface area (Å²) < 4.78 is 12.7. The van der Waals surface area contributed by atoms with Gasteiger partial charge in [0.25, 0.3) is 0 Å². The second kappa shape index (κ2) is 16.0. The molecule has 1 aliphatic rings. The van der Waals surface area contributed by atoms with Crippen molar-refractivity contribution in [3.63, 3.8) is 0 Å². The zero-order valence-electron chi connectivity index (χ0n) is 27.3. The standard InChI is InChI=1S/C35H61NO3/c1-25(2)15-11-16-26(3)17-12-18-27(4)19-13-22-35(8)23-21-31-30(7)33(28(5)29(6)34(31)39-35)38-32(37)20-14-24-36(9)10/h25-27H,11-24H2,1-10H3. The molecule has 0 N–H and O–H groups in total. The molecule has 39 heavy (non-hydrogen) atoms. The van der Waals surface area contributed by atoms with Gasteiger partial charge in [-0.15, -0.1) is 0 Å². The number of fused-ring (bicyclic) bond motifs is 1. The Labute approximate surface area is 241 Å². The van der Waals surface area contributed by atoms with Crippen LogP contribution < -0.4 is 9.47 Å². The normalized spacial score (nSPS) is 18.7. The number of rotatable bonds is 17. The molecule has 1 aromatic carbocycles. The molecular weight excluding hydrogens is 482 g/mol. The zero-order valence-corrected chi connectivity index (χ0v) is 27.3. The minimum atomic E-state index is -0.140. The van der Waals surface area contributed by atoms with E-state index in [9.17, 15) is 4.79 Å². The van der Waals surface area contributed by atoms with Crippen LogP contribution in [0.25, 0.3) is 0 Å². The van der Waals surface area contributed by atoms with Gasteiger partial charge < -0.3 is 14.4 Å². The first-order valence-corrected chi connectivity index (χ1v) is 16.0. The van der Waals surface area contributed by atoms with E-state index in [0.717, 1.165) is 78.2 Å². The van der Waals surface area contributed by atoms with Crippen molar-refractivity contribution in [1.82, 2.24) is 4.90 Å². The third kappa shape index (κ3) is 11.1. The number of hydrogen-bond acceptors (Lipinski definition) is 4. The summed E-state index contributed by atoms with van der Waals surface area (Å²) in [5.74, 6) is 4.13. The Morgan fingerprint density at radius 2 is 1.46 bits per heavy atom. The molecule has 0 bridgehead atoms. The first-order chi connectivity index (χ1) is 18.3. The van der Waals surface area contributed by atoms with Crippen molar-refractivity contribution in [2.75, 3.05) is 20.6 Å². The maximum Gasteiger partial charge on any atom is 0.311 e. The molecule has 4 nitrogen and oxygen atoms in total. The third-order valence-electron chi connectivity index (χ3n) is 9.04. The predicted molar refractivity (Wildman–Crippen MR) is 166 cm³/mol. The summed E-state index contributed by atoms with van der Waals surface area (Å²) in [6.45, 7) is 19.0. The molecule has 1 aliphatic heterocycles. The summed E-state index contributed by atoms with van der Waals surface area (Å²) >= 11 is 0. The highest BCUT2D eigenvalue weighted by atomic mass is 16.5. The number of nitrogens with zero attached hydrogens (tertiary/aromatic N) is 1. The van der Waals surface area contributed by atoms with Gasteiger partial charge in [0.1, 0.15) is 17.1 Å².